The molecule has 1 heterocycles. The fourth-order valence-corrected chi connectivity index (χ4v) is 1.81. The van der Waals surface area contributed by atoms with E-state index in [2.05, 4.69) is 25.9 Å². The van der Waals surface area contributed by atoms with Crippen LogP contribution < -0.4 is 0 Å². The Kier molecular flexibility index (Phi) is 3.40. The van der Waals surface area contributed by atoms with Gasteiger partial charge < -0.3 is 5.11 Å². The fourth-order valence-electron chi connectivity index (χ4n) is 1.27. The third-order valence-corrected chi connectivity index (χ3v) is 2.90. The number of hydrogen-bond acceptors (Lipinski definition) is 3. The average molecular weight is 314 g/mol. The first-order valence-corrected chi connectivity index (χ1v) is 5.77. The molecule has 6 heteroatoms. The van der Waals surface area contributed by atoms with Gasteiger partial charge in [-0.05, 0) is 28.1 Å². The van der Waals surface area contributed by atoms with Crippen molar-refractivity contribution in [1.82, 2.24) is 9.97 Å². The molecule has 0 aliphatic carbocycles. The molecule has 2 rings (SSSR count). The molecule has 0 aliphatic rings. The normalized spacial score (nSPS) is 10.2. The van der Waals surface area contributed by atoms with E-state index in [4.69, 9.17) is 16.7 Å². The summed E-state index contributed by atoms with van der Waals surface area (Å²) in [6.07, 6.45) is 1.20. The largest absolute Gasteiger partial charge is 0.476 e. The average Bonchev–Trinajstić information content (AvgIpc) is 2.31. The van der Waals surface area contributed by atoms with E-state index in [1.54, 1.807) is 24.3 Å². The maximum Gasteiger partial charge on any atom is 0.356 e. The first-order valence-electron chi connectivity index (χ1n) is 4.59. The van der Waals surface area contributed by atoms with Crippen molar-refractivity contribution < 1.29 is 9.90 Å². The minimum Gasteiger partial charge on any atom is -0.476 e. The molecule has 0 unspecified atom stereocenters. The van der Waals surface area contributed by atoms with Crippen LogP contribution in [0.15, 0.2) is 35.1 Å². The molecule has 0 bridgehead atoms. The number of nitrogens with zero attached hydrogens (tertiary/aromatic N) is 2. The lowest BCUT2D eigenvalue weighted by Crippen LogP contribution is -2.03. The fraction of sp³-hybridized carbons (Fsp3) is 0. The number of aromatic carboxylic acids is 1. The van der Waals surface area contributed by atoms with E-state index in [0.717, 1.165) is 5.56 Å². The standard InChI is InChI=1S/C11H6BrClN2O2/c12-10-9(6-1-3-7(13)4-2-6)15-8(5-14-10)11(16)17/h1-5H,(H,16,17). The Bertz CT molecular complexity index is 572. The van der Waals surface area contributed by atoms with Crippen LogP contribution >= 0.6 is 27.5 Å². The predicted molar refractivity (Wildman–Crippen MR) is 67.1 cm³/mol. The van der Waals surface area contributed by atoms with E-state index < -0.39 is 5.97 Å². The molecule has 0 amide bonds. The molecule has 0 aliphatic heterocycles. The van der Waals surface area contributed by atoms with Crippen LogP contribution in [0.1, 0.15) is 10.5 Å². The summed E-state index contributed by atoms with van der Waals surface area (Å²) in [5.74, 6) is -1.11. The number of rotatable bonds is 2. The molecule has 0 fully saturated rings. The van der Waals surface area contributed by atoms with Crippen molar-refractivity contribution in [2.45, 2.75) is 0 Å². The van der Waals surface area contributed by atoms with Gasteiger partial charge in [0.05, 0.1) is 6.20 Å². The Morgan fingerprint density at radius 1 is 1.29 bits per heavy atom. The van der Waals surface area contributed by atoms with Gasteiger partial charge in [0.15, 0.2) is 5.69 Å². The number of carboxylic acid groups (broad SMARTS) is 1. The zero-order chi connectivity index (χ0) is 12.4. The monoisotopic (exact) mass is 312 g/mol. The summed E-state index contributed by atoms with van der Waals surface area (Å²) in [6, 6.07) is 6.92. The molecule has 1 aromatic heterocycles. The van der Waals surface area contributed by atoms with Gasteiger partial charge >= 0.3 is 5.97 Å². The SMILES string of the molecule is O=C(O)c1cnc(Br)c(-c2ccc(Cl)cc2)n1. The van der Waals surface area contributed by atoms with E-state index in [-0.39, 0.29) is 5.69 Å². The molecule has 0 spiro atoms. The molecule has 0 atom stereocenters. The molecule has 4 nitrogen and oxygen atoms in total. The Balaban J connectivity index is 2.54. The van der Waals surface area contributed by atoms with Gasteiger partial charge in [0.1, 0.15) is 10.3 Å². The van der Waals surface area contributed by atoms with Crippen LogP contribution in [0.3, 0.4) is 0 Å². The van der Waals surface area contributed by atoms with Crippen molar-refractivity contribution >= 4 is 33.5 Å². The maximum atomic E-state index is 10.8. The highest BCUT2D eigenvalue weighted by molar-refractivity contribution is 9.10. The Labute approximate surface area is 110 Å². The highest BCUT2D eigenvalue weighted by Gasteiger charge is 2.11. The summed E-state index contributed by atoms with van der Waals surface area (Å²) in [7, 11) is 0. The second-order valence-electron chi connectivity index (χ2n) is 3.21. The lowest BCUT2D eigenvalue weighted by molar-refractivity contribution is 0.0690. The van der Waals surface area contributed by atoms with Gasteiger partial charge in [-0.15, -0.1) is 0 Å². The third-order valence-electron chi connectivity index (χ3n) is 2.06. The minimum atomic E-state index is -1.11. The van der Waals surface area contributed by atoms with Crippen molar-refractivity contribution in [1.29, 1.82) is 0 Å². The Morgan fingerprint density at radius 3 is 2.53 bits per heavy atom. The molecule has 17 heavy (non-hydrogen) atoms. The van der Waals surface area contributed by atoms with Crippen molar-refractivity contribution in [3.63, 3.8) is 0 Å². The van der Waals surface area contributed by atoms with Crippen molar-refractivity contribution in [2.75, 3.05) is 0 Å². The molecule has 0 saturated heterocycles. The van der Waals surface area contributed by atoms with Gasteiger partial charge in [-0.25, -0.2) is 14.8 Å². The summed E-state index contributed by atoms with van der Waals surface area (Å²) in [4.78, 5) is 18.8. The smallest absolute Gasteiger partial charge is 0.356 e. The lowest BCUT2D eigenvalue weighted by Gasteiger charge is -2.04. The summed E-state index contributed by atoms with van der Waals surface area (Å²) in [5.41, 5.74) is 1.12. The summed E-state index contributed by atoms with van der Waals surface area (Å²) < 4.78 is 0.491. The number of carboxylic acids is 1. The van der Waals surface area contributed by atoms with E-state index in [9.17, 15) is 4.79 Å². The first kappa shape index (κ1) is 12.0. The molecule has 1 N–H and O–H groups in total. The zero-order valence-corrected chi connectivity index (χ0v) is 10.7. The van der Waals surface area contributed by atoms with Gasteiger partial charge in [-0.2, -0.15) is 0 Å². The van der Waals surface area contributed by atoms with E-state index in [1.165, 1.54) is 6.20 Å². The Hall–Kier alpha value is -1.46. The third kappa shape index (κ3) is 2.62. The topological polar surface area (TPSA) is 63.1 Å². The lowest BCUT2D eigenvalue weighted by atomic mass is 10.1. The zero-order valence-electron chi connectivity index (χ0n) is 8.39. The quantitative estimate of drug-likeness (QED) is 0.924. The predicted octanol–water partition coefficient (Wildman–Crippen LogP) is 3.26. The van der Waals surface area contributed by atoms with Crippen LogP contribution in [0.25, 0.3) is 11.3 Å². The summed E-state index contributed by atoms with van der Waals surface area (Å²) >= 11 is 9.01. The number of carbonyl (C=O) groups is 1. The molecule has 0 saturated carbocycles. The first-order chi connectivity index (χ1) is 8.08. The van der Waals surface area contributed by atoms with Crippen LogP contribution in [0, 0.1) is 0 Å². The van der Waals surface area contributed by atoms with Crippen LogP contribution in [0.5, 0.6) is 0 Å². The van der Waals surface area contributed by atoms with E-state index in [1.807, 2.05) is 0 Å². The molecule has 2 aromatic rings. The van der Waals surface area contributed by atoms with Crippen LogP contribution in [-0.2, 0) is 0 Å². The van der Waals surface area contributed by atoms with Crippen LogP contribution in [-0.4, -0.2) is 21.0 Å². The molecular formula is C11H6BrClN2O2. The second-order valence-corrected chi connectivity index (χ2v) is 4.39. The van der Waals surface area contributed by atoms with E-state index >= 15 is 0 Å². The summed E-state index contributed by atoms with van der Waals surface area (Å²) in [6.45, 7) is 0. The van der Waals surface area contributed by atoms with Gasteiger partial charge in [0.25, 0.3) is 0 Å². The number of aromatic nitrogens is 2. The number of hydrogen-bond donors (Lipinski definition) is 1. The van der Waals surface area contributed by atoms with Gasteiger partial charge in [0, 0.05) is 10.6 Å². The van der Waals surface area contributed by atoms with Gasteiger partial charge in [-0.1, -0.05) is 23.7 Å². The maximum absolute atomic E-state index is 10.8. The highest BCUT2D eigenvalue weighted by Crippen LogP contribution is 2.25. The molecule has 0 radical (unpaired) electrons. The minimum absolute atomic E-state index is 0.0989. The Morgan fingerprint density at radius 2 is 1.94 bits per heavy atom. The van der Waals surface area contributed by atoms with Gasteiger partial charge in [0.2, 0.25) is 0 Å². The molecular weight excluding hydrogens is 307 g/mol. The second kappa shape index (κ2) is 4.81. The van der Waals surface area contributed by atoms with Crippen molar-refractivity contribution in [3.8, 4) is 11.3 Å². The molecule has 86 valence electrons. The van der Waals surface area contributed by atoms with Crippen LogP contribution in [0.4, 0.5) is 0 Å². The number of halogens is 2. The number of benzene rings is 1. The summed E-state index contributed by atoms with van der Waals surface area (Å²) in [5, 5.41) is 9.46. The van der Waals surface area contributed by atoms with E-state index in [0.29, 0.717) is 15.3 Å². The molecule has 1 aromatic carbocycles. The van der Waals surface area contributed by atoms with Crippen molar-refractivity contribution in [2.24, 2.45) is 0 Å². The van der Waals surface area contributed by atoms with Gasteiger partial charge in [-0.3, -0.25) is 0 Å². The highest BCUT2D eigenvalue weighted by atomic mass is 79.9. The van der Waals surface area contributed by atoms with Crippen LogP contribution in [0.2, 0.25) is 5.02 Å². The van der Waals surface area contributed by atoms with Crippen molar-refractivity contribution in [3.05, 3.63) is 45.8 Å².